The second kappa shape index (κ2) is 9.13. The number of benzene rings is 1. The summed E-state index contributed by atoms with van der Waals surface area (Å²) in [5, 5.41) is 0. The van der Waals surface area contributed by atoms with Gasteiger partial charge in [-0.1, -0.05) is 0 Å². The Morgan fingerprint density at radius 2 is 1.76 bits per heavy atom. The molecule has 6 heteroatoms. The average Bonchev–Trinajstić information content (AvgIpc) is 3.00. The molecule has 1 heterocycles. The molecule has 2 rings (SSSR count). The Hall–Kier alpha value is -2.47. The summed E-state index contributed by atoms with van der Waals surface area (Å²) in [5.41, 5.74) is 0. The van der Waals surface area contributed by atoms with Crippen LogP contribution in [0.5, 0.6) is 11.5 Å². The molecule has 6 nitrogen and oxygen atoms in total. The van der Waals surface area contributed by atoms with Crippen LogP contribution in [0.1, 0.15) is 11.5 Å². The zero-order chi connectivity index (χ0) is 18.2. The number of carbonyl (C=O) groups is 1. The average molecular weight is 346 g/mol. The number of hydrogen-bond donors (Lipinski definition) is 0. The first-order chi connectivity index (χ1) is 12.0. The highest BCUT2D eigenvalue weighted by molar-refractivity contribution is 5.77. The monoisotopic (exact) mass is 346 g/mol. The molecule has 25 heavy (non-hydrogen) atoms. The molecular weight excluding hydrogens is 320 g/mol. The van der Waals surface area contributed by atoms with Crippen LogP contribution < -0.4 is 9.47 Å². The predicted octanol–water partition coefficient (Wildman–Crippen LogP) is 2.57. The van der Waals surface area contributed by atoms with E-state index in [9.17, 15) is 4.79 Å². The summed E-state index contributed by atoms with van der Waals surface area (Å²) >= 11 is 0. The van der Waals surface area contributed by atoms with Gasteiger partial charge in [0.2, 0.25) is 5.91 Å². The summed E-state index contributed by atoms with van der Waals surface area (Å²) < 4.78 is 16.3. The minimum Gasteiger partial charge on any atom is -0.497 e. The lowest BCUT2D eigenvalue weighted by atomic mass is 10.3. The Labute approximate surface area is 148 Å². The van der Waals surface area contributed by atoms with Gasteiger partial charge in [-0.3, -0.25) is 9.69 Å². The molecule has 0 unspecified atom stereocenters. The molecule has 0 spiro atoms. The van der Waals surface area contributed by atoms with E-state index in [4.69, 9.17) is 13.9 Å². The van der Waals surface area contributed by atoms with Crippen LogP contribution in [0.2, 0.25) is 0 Å². The van der Waals surface area contributed by atoms with Gasteiger partial charge in [-0.05, 0) is 50.4 Å². The smallest absolute Gasteiger partial charge is 0.236 e. The molecule has 136 valence electrons. The van der Waals surface area contributed by atoms with Crippen LogP contribution in [-0.4, -0.2) is 56.6 Å². The van der Waals surface area contributed by atoms with Crippen molar-refractivity contribution in [2.45, 2.75) is 13.5 Å². The first kappa shape index (κ1) is 18.9. The van der Waals surface area contributed by atoms with E-state index in [1.807, 2.05) is 55.3 Å². The molecule has 0 saturated carbocycles. The van der Waals surface area contributed by atoms with Crippen molar-refractivity contribution in [2.75, 3.05) is 40.9 Å². The summed E-state index contributed by atoms with van der Waals surface area (Å²) in [6.45, 7) is 3.87. The van der Waals surface area contributed by atoms with Gasteiger partial charge in [-0.2, -0.15) is 0 Å². The van der Waals surface area contributed by atoms with Crippen LogP contribution in [0.15, 0.2) is 40.8 Å². The second-order valence-corrected chi connectivity index (χ2v) is 6.02. The zero-order valence-electron chi connectivity index (χ0n) is 15.3. The number of carbonyl (C=O) groups excluding carboxylic acids is 1. The second-order valence-electron chi connectivity index (χ2n) is 6.02. The molecular formula is C19H26N2O4. The Balaban J connectivity index is 1.69. The third kappa shape index (κ3) is 6.15. The quantitative estimate of drug-likeness (QED) is 0.698. The molecule has 1 aromatic carbocycles. The highest BCUT2D eigenvalue weighted by Crippen LogP contribution is 2.16. The Morgan fingerprint density at radius 1 is 1.08 bits per heavy atom. The molecule has 0 radical (unpaired) electrons. The number of methoxy groups -OCH3 is 1. The third-order valence-electron chi connectivity index (χ3n) is 3.82. The molecule has 1 amide bonds. The van der Waals surface area contributed by atoms with Crippen LogP contribution in [0.4, 0.5) is 0 Å². The number of amides is 1. The summed E-state index contributed by atoms with van der Waals surface area (Å²) in [4.78, 5) is 15.9. The molecule has 0 bridgehead atoms. The standard InChI is InChI=1S/C19H26N2O4/c1-15-5-6-18(25-15)13-21(3)19(22)14-20(2)11-12-24-17-9-7-16(23-4)8-10-17/h5-10H,11-14H2,1-4H3. The lowest BCUT2D eigenvalue weighted by Crippen LogP contribution is -2.37. The maximum atomic E-state index is 12.3. The van der Waals surface area contributed by atoms with Crippen molar-refractivity contribution in [1.82, 2.24) is 9.80 Å². The summed E-state index contributed by atoms with van der Waals surface area (Å²) in [5.74, 6) is 3.26. The SMILES string of the molecule is COc1ccc(OCCN(C)CC(=O)N(C)Cc2ccc(C)o2)cc1. The fourth-order valence-corrected chi connectivity index (χ4v) is 2.31. The Bertz CT molecular complexity index is 666. The van der Waals surface area contributed by atoms with Gasteiger partial charge in [0, 0.05) is 13.6 Å². The third-order valence-corrected chi connectivity index (χ3v) is 3.82. The molecule has 0 aliphatic carbocycles. The van der Waals surface area contributed by atoms with Crippen molar-refractivity contribution in [3.63, 3.8) is 0 Å². The summed E-state index contributed by atoms with van der Waals surface area (Å²) in [7, 11) is 5.31. The zero-order valence-corrected chi connectivity index (χ0v) is 15.3. The van der Waals surface area contributed by atoms with Gasteiger partial charge in [0.1, 0.15) is 29.6 Å². The lowest BCUT2D eigenvalue weighted by Gasteiger charge is -2.21. The maximum Gasteiger partial charge on any atom is 0.236 e. The number of furan rings is 1. The molecule has 1 aromatic heterocycles. The minimum atomic E-state index is 0.0426. The lowest BCUT2D eigenvalue weighted by molar-refractivity contribution is -0.131. The maximum absolute atomic E-state index is 12.3. The van der Waals surface area contributed by atoms with E-state index in [1.54, 1.807) is 19.1 Å². The van der Waals surface area contributed by atoms with Gasteiger partial charge in [0.25, 0.3) is 0 Å². The Kier molecular flexibility index (Phi) is 6.89. The first-order valence-electron chi connectivity index (χ1n) is 8.22. The van der Waals surface area contributed by atoms with Gasteiger partial charge in [-0.15, -0.1) is 0 Å². The molecule has 0 atom stereocenters. The van der Waals surface area contributed by atoms with E-state index in [0.29, 0.717) is 26.2 Å². The molecule has 0 N–H and O–H groups in total. The fourth-order valence-electron chi connectivity index (χ4n) is 2.31. The highest BCUT2D eigenvalue weighted by Gasteiger charge is 2.13. The number of aryl methyl sites for hydroxylation is 1. The van der Waals surface area contributed by atoms with Crippen molar-refractivity contribution >= 4 is 5.91 Å². The molecule has 0 aliphatic heterocycles. The number of hydrogen-bond acceptors (Lipinski definition) is 5. The van der Waals surface area contributed by atoms with Crippen molar-refractivity contribution in [1.29, 1.82) is 0 Å². The molecule has 0 aliphatic rings. The summed E-state index contributed by atoms with van der Waals surface area (Å²) in [6.07, 6.45) is 0. The first-order valence-corrected chi connectivity index (χ1v) is 8.22. The summed E-state index contributed by atoms with van der Waals surface area (Å²) in [6, 6.07) is 11.2. The number of likely N-dealkylation sites (N-methyl/N-ethyl adjacent to an activating group) is 2. The van der Waals surface area contributed by atoms with Gasteiger partial charge in [-0.25, -0.2) is 0 Å². The van der Waals surface area contributed by atoms with Crippen molar-refractivity contribution < 1.29 is 18.7 Å². The van der Waals surface area contributed by atoms with E-state index in [1.165, 1.54) is 0 Å². The van der Waals surface area contributed by atoms with Crippen molar-refractivity contribution in [3.8, 4) is 11.5 Å². The van der Waals surface area contributed by atoms with Crippen LogP contribution >= 0.6 is 0 Å². The Morgan fingerprint density at radius 3 is 2.36 bits per heavy atom. The fraction of sp³-hybridized carbons (Fsp3) is 0.421. The van der Waals surface area contributed by atoms with Crippen LogP contribution in [0.3, 0.4) is 0 Å². The van der Waals surface area contributed by atoms with Gasteiger partial charge >= 0.3 is 0 Å². The van der Waals surface area contributed by atoms with Crippen molar-refractivity contribution in [2.24, 2.45) is 0 Å². The van der Waals surface area contributed by atoms with E-state index in [0.717, 1.165) is 23.0 Å². The molecule has 2 aromatic rings. The molecule has 0 saturated heterocycles. The van der Waals surface area contributed by atoms with E-state index < -0.39 is 0 Å². The predicted molar refractivity (Wildman–Crippen MR) is 95.9 cm³/mol. The number of ether oxygens (including phenoxy) is 2. The van der Waals surface area contributed by atoms with Crippen LogP contribution in [0.25, 0.3) is 0 Å². The number of nitrogens with zero attached hydrogens (tertiary/aromatic N) is 2. The van der Waals surface area contributed by atoms with Crippen molar-refractivity contribution in [3.05, 3.63) is 47.9 Å². The van der Waals surface area contributed by atoms with Gasteiger partial charge in [0.15, 0.2) is 0 Å². The van der Waals surface area contributed by atoms with Gasteiger partial charge in [0.05, 0.1) is 20.2 Å². The number of rotatable bonds is 9. The largest absolute Gasteiger partial charge is 0.497 e. The van der Waals surface area contributed by atoms with E-state index in [2.05, 4.69) is 0 Å². The minimum absolute atomic E-state index is 0.0426. The van der Waals surface area contributed by atoms with Gasteiger partial charge < -0.3 is 18.8 Å². The van der Waals surface area contributed by atoms with E-state index in [-0.39, 0.29) is 5.91 Å². The normalized spacial score (nSPS) is 10.8. The van der Waals surface area contributed by atoms with Crippen LogP contribution in [-0.2, 0) is 11.3 Å². The molecule has 0 fully saturated rings. The van der Waals surface area contributed by atoms with E-state index >= 15 is 0 Å². The highest BCUT2D eigenvalue weighted by atomic mass is 16.5. The van der Waals surface area contributed by atoms with Crippen LogP contribution in [0, 0.1) is 6.92 Å². The topological polar surface area (TPSA) is 55.2 Å².